The standard InChI is InChI=1S/C10H10FNO4S/c11-7-2-1-3-8-10(7)12-6(4-9(13)14)5-17(8,15)16/h1-3,6,12H,4-5H2,(H,13,14). The number of carboxylic acid groups (broad SMARTS) is 1. The maximum atomic E-state index is 13.5. The number of nitrogens with one attached hydrogen (secondary N) is 1. The van der Waals surface area contributed by atoms with Crippen molar-refractivity contribution in [1.82, 2.24) is 0 Å². The van der Waals surface area contributed by atoms with Crippen molar-refractivity contribution in [3.63, 3.8) is 0 Å². The zero-order chi connectivity index (χ0) is 12.6. The van der Waals surface area contributed by atoms with E-state index in [0.29, 0.717) is 0 Å². The average Bonchev–Trinajstić information content (AvgIpc) is 2.17. The number of rotatable bonds is 2. The highest BCUT2D eigenvalue weighted by molar-refractivity contribution is 7.91. The Balaban J connectivity index is 2.45. The highest BCUT2D eigenvalue weighted by atomic mass is 32.2. The third kappa shape index (κ3) is 2.23. The molecule has 1 aromatic rings. The van der Waals surface area contributed by atoms with E-state index >= 15 is 0 Å². The maximum absolute atomic E-state index is 13.5. The molecule has 1 unspecified atom stereocenters. The lowest BCUT2D eigenvalue weighted by molar-refractivity contribution is -0.137. The normalized spacial score (nSPS) is 21.4. The lowest BCUT2D eigenvalue weighted by Crippen LogP contribution is -2.36. The molecule has 1 aliphatic rings. The average molecular weight is 259 g/mol. The predicted molar refractivity (Wildman–Crippen MR) is 58.1 cm³/mol. The molecule has 92 valence electrons. The molecule has 7 heteroatoms. The van der Waals surface area contributed by atoms with E-state index in [2.05, 4.69) is 5.32 Å². The first kappa shape index (κ1) is 11.8. The topological polar surface area (TPSA) is 83.5 Å². The van der Waals surface area contributed by atoms with E-state index in [1.54, 1.807) is 0 Å². The molecule has 5 nitrogen and oxygen atoms in total. The molecule has 1 atom stereocenters. The number of sulfone groups is 1. The molecule has 1 aliphatic heterocycles. The van der Waals surface area contributed by atoms with Gasteiger partial charge in [-0.05, 0) is 12.1 Å². The van der Waals surface area contributed by atoms with Gasteiger partial charge in [-0.2, -0.15) is 0 Å². The quantitative estimate of drug-likeness (QED) is 0.823. The number of para-hydroxylation sites is 1. The summed E-state index contributed by atoms with van der Waals surface area (Å²) in [5, 5.41) is 11.2. The van der Waals surface area contributed by atoms with Crippen LogP contribution in [0.4, 0.5) is 10.1 Å². The van der Waals surface area contributed by atoms with Crippen molar-refractivity contribution in [2.24, 2.45) is 0 Å². The SMILES string of the molecule is O=C(O)CC1CS(=O)(=O)c2cccc(F)c2N1. The number of carbonyl (C=O) groups is 1. The van der Waals surface area contributed by atoms with Crippen molar-refractivity contribution < 1.29 is 22.7 Å². The second-order valence-electron chi connectivity index (χ2n) is 3.83. The minimum Gasteiger partial charge on any atom is -0.481 e. The molecule has 0 radical (unpaired) electrons. The summed E-state index contributed by atoms with van der Waals surface area (Å²) in [5.41, 5.74) is -0.134. The number of fused-ring (bicyclic) bond motifs is 1. The van der Waals surface area contributed by atoms with Gasteiger partial charge in [-0.1, -0.05) is 6.07 Å². The highest BCUT2D eigenvalue weighted by Crippen LogP contribution is 2.31. The van der Waals surface area contributed by atoms with Gasteiger partial charge < -0.3 is 10.4 Å². The largest absolute Gasteiger partial charge is 0.481 e. The van der Waals surface area contributed by atoms with Crippen molar-refractivity contribution in [3.8, 4) is 0 Å². The van der Waals surface area contributed by atoms with Gasteiger partial charge in [-0.25, -0.2) is 12.8 Å². The van der Waals surface area contributed by atoms with Gasteiger partial charge in [0.25, 0.3) is 0 Å². The molecule has 0 fully saturated rings. The van der Waals surface area contributed by atoms with Crippen LogP contribution in [0.25, 0.3) is 0 Å². The molecule has 0 aromatic heterocycles. The van der Waals surface area contributed by atoms with E-state index in [4.69, 9.17) is 5.11 Å². The summed E-state index contributed by atoms with van der Waals surface area (Å²) < 4.78 is 37.1. The molecule has 2 rings (SSSR count). The van der Waals surface area contributed by atoms with Crippen molar-refractivity contribution in [2.75, 3.05) is 11.1 Å². The Morgan fingerprint density at radius 3 is 2.88 bits per heavy atom. The highest BCUT2D eigenvalue weighted by Gasteiger charge is 2.32. The molecule has 1 heterocycles. The minimum absolute atomic E-state index is 0.112. The summed E-state index contributed by atoms with van der Waals surface area (Å²) in [7, 11) is -3.63. The Labute approximate surface area is 97.2 Å². The molecule has 0 spiro atoms. The van der Waals surface area contributed by atoms with Gasteiger partial charge in [0.1, 0.15) is 5.82 Å². The molecule has 1 aromatic carbocycles. The number of carboxylic acids is 1. The van der Waals surface area contributed by atoms with Crippen LogP contribution in [0.2, 0.25) is 0 Å². The molecular weight excluding hydrogens is 249 g/mol. The Bertz CT molecular complexity index is 570. The van der Waals surface area contributed by atoms with Crippen LogP contribution in [0.1, 0.15) is 6.42 Å². The second-order valence-corrected chi connectivity index (χ2v) is 5.84. The Kier molecular flexibility index (Phi) is 2.78. The Morgan fingerprint density at radius 1 is 1.53 bits per heavy atom. The van der Waals surface area contributed by atoms with Crippen LogP contribution >= 0.6 is 0 Å². The van der Waals surface area contributed by atoms with Crippen LogP contribution in [0.3, 0.4) is 0 Å². The van der Waals surface area contributed by atoms with E-state index in [-0.39, 0.29) is 22.8 Å². The van der Waals surface area contributed by atoms with Crippen LogP contribution < -0.4 is 5.32 Å². The smallest absolute Gasteiger partial charge is 0.305 e. The monoisotopic (exact) mass is 259 g/mol. The second kappa shape index (κ2) is 3.99. The first-order chi connectivity index (χ1) is 7.90. The molecule has 2 N–H and O–H groups in total. The summed E-state index contributed by atoms with van der Waals surface area (Å²) >= 11 is 0. The lowest BCUT2D eigenvalue weighted by Gasteiger charge is -2.26. The number of aliphatic carboxylic acids is 1. The van der Waals surface area contributed by atoms with E-state index in [9.17, 15) is 17.6 Å². The van der Waals surface area contributed by atoms with Crippen molar-refractivity contribution in [3.05, 3.63) is 24.0 Å². The Morgan fingerprint density at radius 2 is 2.24 bits per heavy atom. The van der Waals surface area contributed by atoms with Gasteiger partial charge in [0.05, 0.1) is 28.8 Å². The number of hydrogen-bond acceptors (Lipinski definition) is 4. The molecule has 0 saturated carbocycles. The van der Waals surface area contributed by atoms with Gasteiger partial charge in [-0.3, -0.25) is 4.79 Å². The van der Waals surface area contributed by atoms with Gasteiger partial charge in [-0.15, -0.1) is 0 Å². The van der Waals surface area contributed by atoms with Gasteiger partial charge in [0, 0.05) is 0 Å². The van der Waals surface area contributed by atoms with Gasteiger partial charge >= 0.3 is 5.97 Å². The summed E-state index contributed by atoms with van der Waals surface area (Å²) in [4.78, 5) is 10.4. The number of hydrogen-bond donors (Lipinski definition) is 2. The maximum Gasteiger partial charge on any atom is 0.305 e. The fourth-order valence-electron chi connectivity index (χ4n) is 1.82. The van der Waals surface area contributed by atoms with Crippen LogP contribution in [0, 0.1) is 5.82 Å². The summed E-state index contributed by atoms with van der Waals surface area (Å²) in [6.45, 7) is 0. The third-order valence-corrected chi connectivity index (χ3v) is 4.35. The summed E-state index contributed by atoms with van der Waals surface area (Å²) in [6.07, 6.45) is -0.368. The first-order valence-electron chi connectivity index (χ1n) is 4.90. The van der Waals surface area contributed by atoms with E-state index in [1.807, 2.05) is 0 Å². The van der Waals surface area contributed by atoms with Crippen molar-refractivity contribution in [2.45, 2.75) is 17.4 Å². The molecule has 0 aliphatic carbocycles. The molecule has 0 bridgehead atoms. The summed E-state index contributed by atoms with van der Waals surface area (Å²) in [6, 6.07) is 2.94. The van der Waals surface area contributed by atoms with Crippen LogP contribution in [0.15, 0.2) is 23.1 Å². The minimum atomic E-state index is -3.63. The van der Waals surface area contributed by atoms with E-state index in [0.717, 1.165) is 6.07 Å². The van der Waals surface area contributed by atoms with Crippen molar-refractivity contribution in [1.29, 1.82) is 0 Å². The Hall–Kier alpha value is -1.63. The van der Waals surface area contributed by atoms with Gasteiger partial charge in [0.15, 0.2) is 9.84 Å². The van der Waals surface area contributed by atoms with E-state index < -0.39 is 27.7 Å². The van der Waals surface area contributed by atoms with Crippen LogP contribution in [-0.4, -0.2) is 31.3 Å². The van der Waals surface area contributed by atoms with Crippen LogP contribution in [-0.2, 0) is 14.6 Å². The fourth-order valence-corrected chi connectivity index (χ4v) is 3.49. The fraction of sp³-hybridized carbons (Fsp3) is 0.300. The number of anilines is 1. The zero-order valence-corrected chi connectivity index (χ0v) is 9.50. The first-order valence-corrected chi connectivity index (χ1v) is 6.55. The number of halogens is 1. The van der Waals surface area contributed by atoms with Crippen molar-refractivity contribution >= 4 is 21.5 Å². The van der Waals surface area contributed by atoms with E-state index in [1.165, 1.54) is 12.1 Å². The number of benzene rings is 1. The van der Waals surface area contributed by atoms with Crippen LogP contribution in [0.5, 0.6) is 0 Å². The summed E-state index contributed by atoms with van der Waals surface area (Å²) in [5.74, 6) is -2.16. The third-order valence-electron chi connectivity index (χ3n) is 2.50. The molecule has 17 heavy (non-hydrogen) atoms. The lowest BCUT2D eigenvalue weighted by atomic mass is 10.2. The molecule has 0 saturated heterocycles. The zero-order valence-electron chi connectivity index (χ0n) is 8.68. The molecular formula is C10H10FNO4S. The van der Waals surface area contributed by atoms with Gasteiger partial charge in [0.2, 0.25) is 0 Å². The predicted octanol–water partition coefficient (Wildman–Crippen LogP) is 0.868. The molecule has 0 amide bonds.